The standard InChI is InChI=1S/C16H21N3O/c1-16(2,11-17)12-3-5-14(6-4-12)19-15(20)9-10-18-13-7-8-13/h3-6,13,18H,7-10H2,1-2H3,(H,19,20). The van der Waals surface area contributed by atoms with Gasteiger partial charge in [-0.25, -0.2) is 0 Å². The van der Waals surface area contributed by atoms with E-state index in [1.54, 1.807) is 0 Å². The van der Waals surface area contributed by atoms with Crippen LogP contribution >= 0.6 is 0 Å². The quantitative estimate of drug-likeness (QED) is 0.835. The lowest BCUT2D eigenvalue weighted by Gasteiger charge is -2.16. The first-order valence-corrected chi connectivity index (χ1v) is 7.06. The van der Waals surface area contributed by atoms with E-state index in [9.17, 15) is 4.79 Å². The second-order valence-electron chi connectivity index (χ2n) is 5.84. The minimum Gasteiger partial charge on any atom is -0.326 e. The van der Waals surface area contributed by atoms with Gasteiger partial charge in [0, 0.05) is 24.7 Å². The largest absolute Gasteiger partial charge is 0.326 e. The van der Waals surface area contributed by atoms with Crippen LogP contribution in [0.15, 0.2) is 24.3 Å². The summed E-state index contributed by atoms with van der Waals surface area (Å²) in [6.07, 6.45) is 2.96. The Morgan fingerprint density at radius 3 is 2.55 bits per heavy atom. The van der Waals surface area contributed by atoms with Gasteiger partial charge in [0.1, 0.15) is 0 Å². The number of carbonyl (C=O) groups excluding carboxylic acids is 1. The van der Waals surface area contributed by atoms with Crippen molar-refractivity contribution in [3.8, 4) is 6.07 Å². The number of benzene rings is 1. The van der Waals surface area contributed by atoms with Gasteiger partial charge in [-0.2, -0.15) is 5.26 Å². The summed E-state index contributed by atoms with van der Waals surface area (Å²) in [5.74, 6) is 0.0189. The number of hydrogen-bond donors (Lipinski definition) is 2. The Hall–Kier alpha value is -1.86. The molecular formula is C16H21N3O. The minimum atomic E-state index is -0.503. The molecule has 1 aliphatic carbocycles. The van der Waals surface area contributed by atoms with Crippen LogP contribution < -0.4 is 10.6 Å². The Kier molecular flexibility index (Phi) is 4.41. The van der Waals surface area contributed by atoms with Crippen molar-refractivity contribution in [3.63, 3.8) is 0 Å². The van der Waals surface area contributed by atoms with E-state index < -0.39 is 5.41 Å². The normalized spacial score (nSPS) is 14.7. The van der Waals surface area contributed by atoms with Crippen molar-refractivity contribution in [2.45, 2.75) is 44.6 Å². The highest BCUT2D eigenvalue weighted by atomic mass is 16.1. The maximum atomic E-state index is 11.7. The van der Waals surface area contributed by atoms with Gasteiger partial charge in [-0.3, -0.25) is 4.79 Å². The van der Waals surface area contributed by atoms with Crippen LogP contribution in [0.5, 0.6) is 0 Å². The van der Waals surface area contributed by atoms with Gasteiger partial charge in [0.25, 0.3) is 0 Å². The molecule has 1 aromatic rings. The third kappa shape index (κ3) is 4.07. The monoisotopic (exact) mass is 271 g/mol. The highest BCUT2D eigenvalue weighted by Gasteiger charge is 2.20. The number of anilines is 1. The topological polar surface area (TPSA) is 64.9 Å². The minimum absolute atomic E-state index is 0.0189. The lowest BCUT2D eigenvalue weighted by Crippen LogP contribution is -2.23. The van der Waals surface area contributed by atoms with E-state index in [-0.39, 0.29) is 5.91 Å². The van der Waals surface area contributed by atoms with Crippen LogP contribution in [0.1, 0.15) is 38.7 Å². The fourth-order valence-electron chi connectivity index (χ4n) is 1.94. The van der Waals surface area contributed by atoms with Gasteiger partial charge in [-0.1, -0.05) is 12.1 Å². The summed E-state index contributed by atoms with van der Waals surface area (Å²) in [6, 6.07) is 10.4. The first-order chi connectivity index (χ1) is 9.51. The molecule has 4 nitrogen and oxygen atoms in total. The molecule has 0 atom stereocenters. The second kappa shape index (κ2) is 6.06. The van der Waals surface area contributed by atoms with Crippen LogP contribution in [0.25, 0.3) is 0 Å². The fourth-order valence-corrected chi connectivity index (χ4v) is 1.94. The molecule has 1 aromatic carbocycles. The van der Waals surface area contributed by atoms with Crippen molar-refractivity contribution in [2.24, 2.45) is 0 Å². The molecule has 0 aromatic heterocycles. The van der Waals surface area contributed by atoms with Gasteiger partial charge in [0.2, 0.25) is 5.91 Å². The molecule has 2 rings (SSSR count). The highest BCUT2D eigenvalue weighted by Crippen LogP contribution is 2.23. The Balaban J connectivity index is 1.83. The van der Waals surface area contributed by atoms with Crippen LogP contribution in [0, 0.1) is 11.3 Å². The molecule has 0 radical (unpaired) electrons. The van der Waals surface area contributed by atoms with Gasteiger partial charge in [0.05, 0.1) is 11.5 Å². The van der Waals surface area contributed by atoms with E-state index in [2.05, 4.69) is 16.7 Å². The average Bonchev–Trinajstić information content (AvgIpc) is 3.23. The van der Waals surface area contributed by atoms with Gasteiger partial charge in [-0.05, 0) is 44.4 Å². The lowest BCUT2D eigenvalue weighted by molar-refractivity contribution is -0.116. The lowest BCUT2D eigenvalue weighted by atomic mass is 9.86. The van der Waals surface area contributed by atoms with E-state index in [1.165, 1.54) is 12.8 Å². The van der Waals surface area contributed by atoms with Crippen molar-refractivity contribution in [3.05, 3.63) is 29.8 Å². The van der Waals surface area contributed by atoms with E-state index in [0.29, 0.717) is 12.5 Å². The van der Waals surface area contributed by atoms with Gasteiger partial charge in [-0.15, -0.1) is 0 Å². The van der Waals surface area contributed by atoms with Gasteiger partial charge in [0.15, 0.2) is 0 Å². The zero-order valence-corrected chi connectivity index (χ0v) is 12.1. The Bertz CT molecular complexity index is 510. The third-order valence-electron chi connectivity index (χ3n) is 3.53. The Morgan fingerprint density at radius 2 is 2.00 bits per heavy atom. The summed E-state index contributed by atoms with van der Waals surface area (Å²) in [6.45, 7) is 4.49. The van der Waals surface area contributed by atoms with Crippen LogP contribution in [0.2, 0.25) is 0 Å². The molecule has 0 aliphatic heterocycles. The summed E-state index contributed by atoms with van der Waals surface area (Å²) < 4.78 is 0. The first kappa shape index (κ1) is 14.5. The van der Waals surface area contributed by atoms with Crippen molar-refractivity contribution in [1.29, 1.82) is 5.26 Å². The first-order valence-electron chi connectivity index (χ1n) is 7.06. The smallest absolute Gasteiger partial charge is 0.225 e. The molecule has 4 heteroatoms. The molecule has 0 unspecified atom stereocenters. The maximum Gasteiger partial charge on any atom is 0.225 e. The molecule has 20 heavy (non-hydrogen) atoms. The SMILES string of the molecule is CC(C)(C#N)c1ccc(NC(=O)CCNC2CC2)cc1. The number of nitrogens with zero attached hydrogens (tertiary/aromatic N) is 1. The maximum absolute atomic E-state index is 11.7. The van der Waals surface area contributed by atoms with Crippen LogP contribution in [0.3, 0.4) is 0 Å². The van der Waals surface area contributed by atoms with Crippen LogP contribution in [0.4, 0.5) is 5.69 Å². The molecule has 0 bridgehead atoms. The van der Waals surface area contributed by atoms with Crippen molar-refractivity contribution < 1.29 is 4.79 Å². The summed E-state index contributed by atoms with van der Waals surface area (Å²) in [5, 5.41) is 15.3. The Morgan fingerprint density at radius 1 is 1.35 bits per heavy atom. The average molecular weight is 271 g/mol. The third-order valence-corrected chi connectivity index (χ3v) is 3.53. The summed E-state index contributed by atoms with van der Waals surface area (Å²) in [5.41, 5.74) is 1.23. The zero-order valence-electron chi connectivity index (χ0n) is 12.1. The number of nitriles is 1. The van der Waals surface area contributed by atoms with E-state index in [4.69, 9.17) is 5.26 Å². The molecule has 1 fully saturated rings. The second-order valence-corrected chi connectivity index (χ2v) is 5.84. The van der Waals surface area contributed by atoms with E-state index >= 15 is 0 Å². The number of rotatable bonds is 6. The predicted octanol–water partition coefficient (Wildman–Crippen LogP) is 2.57. The molecule has 1 aliphatic rings. The molecule has 1 amide bonds. The fraction of sp³-hybridized carbons (Fsp3) is 0.500. The van der Waals surface area contributed by atoms with Crippen molar-refractivity contribution in [1.82, 2.24) is 5.32 Å². The van der Waals surface area contributed by atoms with Crippen molar-refractivity contribution >= 4 is 11.6 Å². The molecule has 1 saturated carbocycles. The molecule has 0 spiro atoms. The molecule has 0 saturated heterocycles. The molecule has 0 heterocycles. The van der Waals surface area contributed by atoms with Crippen LogP contribution in [-0.2, 0) is 10.2 Å². The van der Waals surface area contributed by atoms with Gasteiger partial charge < -0.3 is 10.6 Å². The Labute approximate surface area is 120 Å². The van der Waals surface area contributed by atoms with Gasteiger partial charge >= 0.3 is 0 Å². The summed E-state index contributed by atoms with van der Waals surface area (Å²) in [7, 11) is 0. The summed E-state index contributed by atoms with van der Waals surface area (Å²) in [4.78, 5) is 11.7. The predicted molar refractivity (Wildman–Crippen MR) is 79.4 cm³/mol. The van der Waals surface area contributed by atoms with E-state index in [0.717, 1.165) is 17.8 Å². The molecule has 106 valence electrons. The number of nitrogens with one attached hydrogen (secondary N) is 2. The number of carbonyl (C=O) groups is 1. The summed E-state index contributed by atoms with van der Waals surface area (Å²) >= 11 is 0. The zero-order chi connectivity index (χ0) is 14.6. The number of amides is 1. The van der Waals surface area contributed by atoms with Crippen LogP contribution in [-0.4, -0.2) is 18.5 Å². The van der Waals surface area contributed by atoms with Crippen molar-refractivity contribution in [2.75, 3.05) is 11.9 Å². The molecular weight excluding hydrogens is 250 g/mol. The van der Waals surface area contributed by atoms with E-state index in [1.807, 2.05) is 38.1 Å². The molecule has 2 N–H and O–H groups in total. The highest BCUT2D eigenvalue weighted by molar-refractivity contribution is 5.90. The number of hydrogen-bond acceptors (Lipinski definition) is 3.